The van der Waals surface area contributed by atoms with Crippen molar-refractivity contribution in [3.63, 3.8) is 0 Å². The van der Waals surface area contributed by atoms with Gasteiger partial charge in [0.05, 0.1) is 0 Å². The van der Waals surface area contributed by atoms with Crippen molar-refractivity contribution in [3.05, 3.63) is 35.9 Å². The minimum absolute atomic E-state index is 0. The van der Waals surface area contributed by atoms with E-state index >= 15 is 0 Å². The van der Waals surface area contributed by atoms with Crippen molar-refractivity contribution >= 4 is 11.8 Å². The van der Waals surface area contributed by atoms with Gasteiger partial charge in [-0.2, -0.15) is 0 Å². The average Bonchev–Trinajstić information content (AvgIpc) is 2.15. The Morgan fingerprint density at radius 2 is 1.56 bits per heavy atom. The summed E-state index contributed by atoms with van der Waals surface area (Å²) in [4.78, 5) is 21.7. The Morgan fingerprint density at radius 3 is 2.00 bits per heavy atom. The van der Waals surface area contributed by atoms with E-state index in [0.29, 0.717) is 0 Å². The number of carbonyl (C=O) groups excluding carboxylic acids is 2. The van der Waals surface area contributed by atoms with Crippen LogP contribution in [0.25, 0.3) is 0 Å². The van der Waals surface area contributed by atoms with E-state index in [1.165, 1.54) is 24.3 Å². The average molecular weight is 236 g/mol. The van der Waals surface area contributed by atoms with Gasteiger partial charge in [0.15, 0.2) is 0 Å². The van der Waals surface area contributed by atoms with Gasteiger partial charge in [-0.15, -0.1) is 13.2 Å². The zero-order chi connectivity index (χ0) is 11.5. The van der Waals surface area contributed by atoms with E-state index in [4.69, 9.17) is 0 Å². The first-order valence-corrected chi connectivity index (χ1v) is 3.79. The predicted molar refractivity (Wildman–Crippen MR) is 46.5 cm³/mol. The molecule has 0 fully saturated rings. The Hall–Kier alpha value is -1.89. The van der Waals surface area contributed by atoms with Crippen molar-refractivity contribution in [2.75, 3.05) is 0 Å². The molecule has 0 aliphatic heterocycles. The first-order chi connectivity index (χ1) is 6.90. The number of rotatable bonds is 2. The molecule has 0 spiro atoms. The molecule has 0 aliphatic carbocycles. The van der Waals surface area contributed by atoms with Crippen LogP contribution in [0.15, 0.2) is 30.3 Å². The second-order valence-corrected chi connectivity index (χ2v) is 2.53. The van der Waals surface area contributed by atoms with Crippen LogP contribution < -0.4 is 0 Å². The van der Waals surface area contributed by atoms with Crippen LogP contribution in [0.5, 0.6) is 0 Å². The summed E-state index contributed by atoms with van der Waals surface area (Å²) >= 11 is 0. The highest BCUT2D eigenvalue weighted by atomic mass is 19.4. The first kappa shape index (κ1) is 14.1. The second kappa shape index (κ2) is 5.26. The molecular formula is C9H7F3O4. The number of benzene rings is 1. The Morgan fingerprint density at radius 1 is 1.06 bits per heavy atom. The summed E-state index contributed by atoms with van der Waals surface area (Å²) in [5.41, 5.74) is -0.147. The molecular weight excluding hydrogens is 229 g/mol. The summed E-state index contributed by atoms with van der Waals surface area (Å²) in [5, 5.41) is 0. The standard InChI is InChI=1S/C9H5F3O3.H2O/c10-9(11,12)15-8(14)7(13)6-4-2-1-3-5-6;/h1-5H;1H2. The van der Waals surface area contributed by atoms with Crippen LogP contribution in [-0.4, -0.2) is 23.6 Å². The van der Waals surface area contributed by atoms with Crippen molar-refractivity contribution < 1.29 is 33.0 Å². The van der Waals surface area contributed by atoms with Gasteiger partial charge in [0.2, 0.25) is 0 Å². The number of esters is 1. The maximum absolute atomic E-state index is 11.6. The highest BCUT2D eigenvalue weighted by Gasteiger charge is 2.36. The largest absolute Gasteiger partial charge is 0.575 e. The number of alkyl halides is 3. The van der Waals surface area contributed by atoms with E-state index < -0.39 is 18.1 Å². The SMILES string of the molecule is O.O=C(OC(F)(F)F)C(=O)c1ccccc1. The summed E-state index contributed by atoms with van der Waals surface area (Å²) in [6, 6.07) is 6.86. The van der Waals surface area contributed by atoms with E-state index in [1.54, 1.807) is 6.07 Å². The minimum atomic E-state index is -5.14. The zero-order valence-corrected chi connectivity index (χ0v) is 7.75. The molecule has 0 heterocycles. The Bertz CT molecular complexity index is 372. The quantitative estimate of drug-likeness (QED) is 0.438. The molecule has 16 heavy (non-hydrogen) atoms. The summed E-state index contributed by atoms with van der Waals surface area (Å²) in [7, 11) is 0. The van der Waals surface area contributed by atoms with Crippen LogP contribution in [0.4, 0.5) is 13.2 Å². The van der Waals surface area contributed by atoms with Crippen LogP contribution in [0, 0.1) is 0 Å². The third-order valence-corrected chi connectivity index (χ3v) is 1.43. The number of hydrogen-bond donors (Lipinski definition) is 0. The van der Waals surface area contributed by atoms with Gasteiger partial charge in [-0.25, -0.2) is 4.79 Å². The Balaban J connectivity index is 0.00000225. The lowest BCUT2D eigenvalue weighted by atomic mass is 10.1. The number of carbonyl (C=O) groups is 2. The zero-order valence-electron chi connectivity index (χ0n) is 7.75. The molecule has 0 saturated heterocycles. The lowest BCUT2D eigenvalue weighted by Gasteiger charge is -2.05. The van der Waals surface area contributed by atoms with E-state index in [0.717, 1.165) is 0 Å². The minimum Gasteiger partial charge on any atom is -0.412 e. The normalized spacial score (nSPS) is 10.2. The predicted octanol–water partition coefficient (Wildman–Crippen LogP) is 1.11. The lowest BCUT2D eigenvalue weighted by molar-refractivity contribution is -0.302. The molecule has 1 aromatic rings. The van der Waals surface area contributed by atoms with Gasteiger partial charge in [-0.1, -0.05) is 30.3 Å². The number of halogens is 3. The Kier molecular flexibility index (Phi) is 4.64. The van der Waals surface area contributed by atoms with Gasteiger partial charge in [0.1, 0.15) is 0 Å². The fraction of sp³-hybridized carbons (Fsp3) is 0.111. The van der Waals surface area contributed by atoms with Gasteiger partial charge in [0, 0.05) is 5.56 Å². The number of ether oxygens (including phenoxy) is 1. The smallest absolute Gasteiger partial charge is 0.412 e. The van der Waals surface area contributed by atoms with Crippen LogP contribution in [0.3, 0.4) is 0 Å². The number of hydrogen-bond acceptors (Lipinski definition) is 3. The van der Waals surface area contributed by atoms with Gasteiger partial charge in [0.25, 0.3) is 5.78 Å². The maximum Gasteiger partial charge on any atom is 0.575 e. The summed E-state index contributed by atoms with van der Waals surface area (Å²) in [5.74, 6) is -3.26. The topological polar surface area (TPSA) is 74.9 Å². The number of ketones is 1. The molecule has 0 aliphatic rings. The molecule has 1 rings (SSSR count). The van der Waals surface area contributed by atoms with Crippen LogP contribution in [0.1, 0.15) is 10.4 Å². The van der Waals surface area contributed by atoms with E-state index in [-0.39, 0.29) is 11.0 Å². The molecule has 4 nitrogen and oxygen atoms in total. The van der Waals surface area contributed by atoms with Gasteiger partial charge < -0.3 is 10.2 Å². The lowest BCUT2D eigenvalue weighted by Crippen LogP contribution is -2.25. The van der Waals surface area contributed by atoms with E-state index in [9.17, 15) is 22.8 Å². The summed E-state index contributed by atoms with van der Waals surface area (Å²) in [6.45, 7) is 0. The van der Waals surface area contributed by atoms with Crippen molar-refractivity contribution in [2.45, 2.75) is 6.36 Å². The molecule has 2 N–H and O–H groups in total. The molecule has 0 bridgehead atoms. The van der Waals surface area contributed by atoms with Crippen LogP contribution >= 0.6 is 0 Å². The molecule has 7 heteroatoms. The van der Waals surface area contributed by atoms with Crippen molar-refractivity contribution in [3.8, 4) is 0 Å². The van der Waals surface area contributed by atoms with Crippen molar-refractivity contribution in [2.24, 2.45) is 0 Å². The third-order valence-electron chi connectivity index (χ3n) is 1.43. The van der Waals surface area contributed by atoms with Gasteiger partial charge in [-0.3, -0.25) is 4.79 Å². The van der Waals surface area contributed by atoms with E-state index in [2.05, 4.69) is 4.74 Å². The van der Waals surface area contributed by atoms with Crippen LogP contribution in [0.2, 0.25) is 0 Å². The molecule has 88 valence electrons. The fourth-order valence-corrected chi connectivity index (χ4v) is 0.859. The first-order valence-electron chi connectivity index (χ1n) is 3.79. The highest BCUT2D eigenvalue weighted by molar-refractivity contribution is 6.40. The monoisotopic (exact) mass is 236 g/mol. The number of Topliss-reactive ketones (excluding diaryl/α,β-unsaturated/α-hetero) is 1. The van der Waals surface area contributed by atoms with Gasteiger partial charge >= 0.3 is 12.3 Å². The second-order valence-electron chi connectivity index (χ2n) is 2.53. The molecule has 1 aromatic carbocycles. The molecule has 0 unspecified atom stereocenters. The molecule has 0 atom stereocenters. The highest BCUT2D eigenvalue weighted by Crippen LogP contribution is 2.17. The van der Waals surface area contributed by atoms with Gasteiger partial charge in [-0.05, 0) is 0 Å². The summed E-state index contributed by atoms with van der Waals surface area (Å²) < 4.78 is 37.7. The van der Waals surface area contributed by atoms with Crippen LogP contribution in [-0.2, 0) is 9.53 Å². The molecule has 0 radical (unpaired) electrons. The van der Waals surface area contributed by atoms with Crippen molar-refractivity contribution in [1.29, 1.82) is 0 Å². The molecule has 0 amide bonds. The van der Waals surface area contributed by atoms with Crippen molar-refractivity contribution in [1.82, 2.24) is 0 Å². The summed E-state index contributed by atoms with van der Waals surface area (Å²) in [6.07, 6.45) is -5.14. The molecule has 0 aromatic heterocycles. The van der Waals surface area contributed by atoms with E-state index in [1.807, 2.05) is 0 Å². The molecule has 0 saturated carbocycles. The Labute approximate surface area is 87.9 Å². The maximum atomic E-state index is 11.6. The third kappa shape index (κ3) is 4.09. The fourth-order valence-electron chi connectivity index (χ4n) is 0.859.